The average Bonchev–Trinajstić information content (AvgIpc) is 3.10. The highest BCUT2D eigenvalue weighted by Gasteiger charge is 2.68. The van der Waals surface area contributed by atoms with Crippen LogP contribution in [-0.2, 0) is 4.79 Å². The van der Waals surface area contributed by atoms with E-state index >= 15 is 0 Å². The number of alkyl halides is 1. The maximum atomic E-state index is 13.4. The van der Waals surface area contributed by atoms with Gasteiger partial charge in [-0.1, -0.05) is 11.6 Å². The summed E-state index contributed by atoms with van der Waals surface area (Å²) in [4.78, 5) is 29.0. The molecule has 1 aromatic heterocycles. The molecular weight excluding hydrogens is 422 g/mol. The van der Waals surface area contributed by atoms with Crippen LogP contribution in [0.3, 0.4) is 0 Å². The van der Waals surface area contributed by atoms with Crippen molar-refractivity contribution in [2.24, 2.45) is 5.41 Å². The van der Waals surface area contributed by atoms with Crippen LogP contribution in [0.4, 0.5) is 8.78 Å². The number of rotatable bonds is 8. The van der Waals surface area contributed by atoms with Crippen molar-refractivity contribution in [2.75, 3.05) is 6.61 Å². The lowest BCUT2D eigenvalue weighted by atomic mass is 9.38. The van der Waals surface area contributed by atoms with Crippen molar-refractivity contribution in [3.05, 3.63) is 45.1 Å². The number of hydrogen-bond donors (Lipinski definition) is 1. The maximum Gasteiger partial charge on any atom is 0.258 e. The van der Waals surface area contributed by atoms with Crippen molar-refractivity contribution in [1.29, 1.82) is 0 Å². The van der Waals surface area contributed by atoms with Gasteiger partial charge in [0, 0.05) is 24.2 Å². The first-order chi connectivity index (χ1) is 13.7. The third-order valence-electron chi connectivity index (χ3n) is 5.48. The van der Waals surface area contributed by atoms with Gasteiger partial charge in [0.25, 0.3) is 5.91 Å². The van der Waals surface area contributed by atoms with Gasteiger partial charge >= 0.3 is 0 Å². The molecule has 1 amide bonds. The van der Waals surface area contributed by atoms with E-state index in [-0.39, 0.29) is 40.0 Å². The zero-order chi connectivity index (χ0) is 20.8. The number of halogens is 3. The summed E-state index contributed by atoms with van der Waals surface area (Å²) in [5.74, 6) is -0.691. The third-order valence-corrected chi connectivity index (χ3v) is 6.98. The van der Waals surface area contributed by atoms with Gasteiger partial charge in [0.1, 0.15) is 22.7 Å². The van der Waals surface area contributed by atoms with E-state index in [1.807, 2.05) is 0 Å². The summed E-state index contributed by atoms with van der Waals surface area (Å²) < 4.78 is 32.0. The van der Waals surface area contributed by atoms with Crippen LogP contribution in [0.25, 0.3) is 0 Å². The Morgan fingerprint density at radius 2 is 2.10 bits per heavy atom. The number of nitrogens with zero attached hydrogens (tertiary/aromatic N) is 1. The molecule has 1 aromatic carbocycles. The molecule has 0 spiro atoms. The van der Waals surface area contributed by atoms with Crippen LogP contribution in [0.1, 0.15) is 53.5 Å². The Kier molecular flexibility index (Phi) is 5.11. The number of ketones is 1. The monoisotopic (exact) mass is 440 g/mol. The zero-order valence-corrected chi connectivity index (χ0v) is 17.2. The molecule has 3 aliphatic rings. The molecule has 1 N–H and O–H groups in total. The highest BCUT2D eigenvalue weighted by atomic mass is 35.5. The molecular formula is C20H19ClF2N2O3S. The summed E-state index contributed by atoms with van der Waals surface area (Å²) in [5, 5.41) is 3.26. The van der Waals surface area contributed by atoms with E-state index in [4.69, 9.17) is 16.3 Å². The number of thiazole rings is 1. The van der Waals surface area contributed by atoms with Gasteiger partial charge in [0.15, 0.2) is 12.4 Å². The Balaban J connectivity index is 1.23. The molecule has 29 heavy (non-hydrogen) atoms. The SMILES string of the molecule is CC(F)c1ncc(C(=O)CC23CC(NC(=O)COc4ccc(Cl)c(F)c4)(C2)C3)s1. The molecule has 3 saturated carbocycles. The summed E-state index contributed by atoms with van der Waals surface area (Å²) >= 11 is 6.71. The number of amides is 1. The maximum absolute atomic E-state index is 13.4. The van der Waals surface area contributed by atoms with Crippen LogP contribution in [0.15, 0.2) is 24.4 Å². The van der Waals surface area contributed by atoms with E-state index in [1.54, 1.807) is 0 Å². The molecule has 9 heteroatoms. The van der Waals surface area contributed by atoms with Crippen molar-refractivity contribution in [2.45, 2.75) is 44.3 Å². The number of ether oxygens (including phenoxy) is 1. The first-order valence-electron chi connectivity index (χ1n) is 9.21. The van der Waals surface area contributed by atoms with E-state index in [9.17, 15) is 18.4 Å². The fraction of sp³-hybridized carbons (Fsp3) is 0.450. The van der Waals surface area contributed by atoms with Gasteiger partial charge < -0.3 is 10.1 Å². The minimum atomic E-state index is -1.18. The van der Waals surface area contributed by atoms with Crippen LogP contribution in [-0.4, -0.2) is 28.8 Å². The number of benzene rings is 1. The van der Waals surface area contributed by atoms with Gasteiger partial charge in [-0.25, -0.2) is 13.8 Å². The summed E-state index contributed by atoms with van der Waals surface area (Å²) in [6.45, 7) is 1.17. The van der Waals surface area contributed by atoms with E-state index < -0.39 is 12.0 Å². The molecule has 3 fully saturated rings. The number of nitrogens with one attached hydrogen (secondary N) is 1. The molecule has 0 radical (unpaired) electrons. The molecule has 3 aliphatic carbocycles. The molecule has 2 aromatic rings. The van der Waals surface area contributed by atoms with Crippen molar-refractivity contribution in [3.63, 3.8) is 0 Å². The van der Waals surface area contributed by atoms with Gasteiger partial charge in [0.05, 0.1) is 9.90 Å². The molecule has 2 bridgehead atoms. The second-order valence-electron chi connectivity index (χ2n) is 8.00. The molecule has 1 atom stereocenters. The van der Waals surface area contributed by atoms with E-state index in [0.717, 1.165) is 36.7 Å². The number of carbonyl (C=O) groups excluding carboxylic acids is 2. The molecule has 1 heterocycles. The second-order valence-corrected chi connectivity index (χ2v) is 9.47. The van der Waals surface area contributed by atoms with E-state index in [1.165, 1.54) is 25.3 Å². The quantitative estimate of drug-likeness (QED) is 0.606. The summed E-state index contributed by atoms with van der Waals surface area (Å²) in [6.07, 6.45) is 2.85. The van der Waals surface area contributed by atoms with Crippen LogP contribution in [0.2, 0.25) is 5.02 Å². The third kappa shape index (κ3) is 4.00. The highest BCUT2D eigenvalue weighted by molar-refractivity contribution is 7.13. The zero-order valence-electron chi connectivity index (χ0n) is 15.6. The Morgan fingerprint density at radius 3 is 2.72 bits per heavy atom. The van der Waals surface area contributed by atoms with Gasteiger partial charge in [-0.2, -0.15) is 0 Å². The number of carbonyl (C=O) groups is 2. The fourth-order valence-electron chi connectivity index (χ4n) is 4.39. The molecule has 154 valence electrons. The standard InChI is InChI=1S/C20H19ClF2N2O3S/c1-11(22)18-24-6-16(29-18)15(26)5-19-8-20(9-19,10-19)25-17(27)7-28-12-2-3-13(21)14(23)4-12/h2-4,6,11H,5,7-10H2,1H3,(H,25,27). The van der Waals surface area contributed by atoms with Gasteiger partial charge in [-0.15, -0.1) is 11.3 Å². The molecule has 5 rings (SSSR count). The van der Waals surface area contributed by atoms with Crippen molar-refractivity contribution in [1.82, 2.24) is 10.3 Å². The Labute approximate surface area is 175 Å². The number of Topliss-reactive ketones (excluding diaryl/α,β-unsaturated/α-hetero) is 1. The lowest BCUT2D eigenvalue weighted by molar-refractivity contribution is -0.164. The average molecular weight is 441 g/mol. The van der Waals surface area contributed by atoms with Crippen LogP contribution < -0.4 is 10.1 Å². The fourth-order valence-corrected chi connectivity index (χ4v) is 5.30. The Morgan fingerprint density at radius 1 is 1.38 bits per heavy atom. The number of hydrogen-bond acceptors (Lipinski definition) is 5. The van der Waals surface area contributed by atoms with Gasteiger partial charge in [-0.3, -0.25) is 9.59 Å². The van der Waals surface area contributed by atoms with Crippen molar-refractivity contribution >= 4 is 34.6 Å². The minimum Gasteiger partial charge on any atom is -0.484 e. The van der Waals surface area contributed by atoms with E-state index in [0.29, 0.717) is 16.3 Å². The topological polar surface area (TPSA) is 68.3 Å². The van der Waals surface area contributed by atoms with E-state index in [2.05, 4.69) is 10.3 Å². The molecule has 1 unspecified atom stereocenters. The van der Waals surface area contributed by atoms with Crippen LogP contribution in [0, 0.1) is 11.2 Å². The molecule has 5 nitrogen and oxygen atoms in total. The van der Waals surface area contributed by atoms with Gasteiger partial charge in [0.2, 0.25) is 0 Å². The largest absolute Gasteiger partial charge is 0.484 e. The summed E-state index contributed by atoms with van der Waals surface area (Å²) in [6, 6.07) is 3.99. The van der Waals surface area contributed by atoms with Crippen molar-refractivity contribution < 1.29 is 23.1 Å². The normalized spacial score (nSPS) is 25.5. The Hall–Kier alpha value is -2.06. The first-order valence-corrected chi connectivity index (χ1v) is 10.4. The van der Waals surface area contributed by atoms with Gasteiger partial charge in [-0.05, 0) is 43.7 Å². The predicted octanol–water partition coefficient (Wildman–Crippen LogP) is 4.66. The number of aromatic nitrogens is 1. The van der Waals surface area contributed by atoms with Crippen LogP contribution in [0.5, 0.6) is 5.75 Å². The summed E-state index contributed by atoms with van der Waals surface area (Å²) in [7, 11) is 0. The lowest BCUT2D eigenvalue weighted by Gasteiger charge is -2.70. The first kappa shape index (κ1) is 20.2. The smallest absolute Gasteiger partial charge is 0.258 e. The predicted molar refractivity (Wildman–Crippen MR) is 105 cm³/mol. The van der Waals surface area contributed by atoms with Crippen molar-refractivity contribution in [3.8, 4) is 5.75 Å². The second kappa shape index (κ2) is 7.32. The van der Waals surface area contributed by atoms with Crippen LogP contribution >= 0.6 is 22.9 Å². The molecule has 0 aliphatic heterocycles. The lowest BCUT2D eigenvalue weighted by Crippen LogP contribution is -2.75. The highest BCUT2D eigenvalue weighted by Crippen LogP contribution is 2.69. The molecule has 0 saturated heterocycles. The minimum absolute atomic E-state index is 0.00993. The Bertz CT molecular complexity index is 959. The summed E-state index contributed by atoms with van der Waals surface area (Å²) in [5.41, 5.74) is -0.367.